The van der Waals surface area contributed by atoms with Crippen LogP contribution in [-0.2, 0) is 0 Å². The van der Waals surface area contributed by atoms with E-state index >= 15 is 0 Å². The van der Waals surface area contributed by atoms with Crippen molar-refractivity contribution in [1.82, 2.24) is 4.98 Å². The molecule has 4 rings (SSSR count). The predicted molar refractivity (Wildman–Crippen MR) is 94.2 cm³/mol. The highest BCUT2D eigenvalue weighted by Crippen LogP contribution is 2.34. The van der Waals surface area contributed by atoms with Gasteiger partial charge in [0.25, 0.3) is 0 Å². The van der Waals surface area contributed by atoms with E-state index < -0.39 is 0 Å². The Kier molecular flexibility index (Phi) is 2.93. The zero-order chi connectivity index (χ0) is 15.1. The number of fused-ring (bicyclic) bond motifs is 2. The lowest BCUT2D eigenvalue weighted by Gasteiger charge is -2.13. The van der Waals surface area contributed by atoms with Gasteiger partial charge in [-0.2, -0.15) is 0 Å². The summed E-state index contributed by atoms with van der Waals surface area (Å²) in [5.41, 5.74) is 7.31. The third kappa shape index (κ3) is 1.98. The molecule has 0 aliphatic rings. The minimum atomic E-state index is 1.05. The molecule has 106 valence electrons. The molecule has 0 bridgehead atoms. The zero-order valence-corrected chi connectivity index (χ0v) is 12.8. The van der Waals surface area contributed by atoms with Gasteiger partial charge >= 0.3 is 0 Å². The first kappa shape index (κ1) is 13.0. The molecule has 0 atom stereocenters. The van der Waals surface area contributed by atoms with Gasteiger partial charge < -0.3 is 0 Å². The van der Waals surface area contributed by atoms with E-state index in [9.17, 15) is 0 Å². The Balaban J connectivity index is 2.12. The molecule has 22 heavy (non-hydrogen) atoms. The van der Waals surface area contributed by atoms with E-state index in [1.165, 1.54) is 33.0 Å². The van der Waals surface area contributed by atoms with Crippen LogP contribution in [0.4, 0.5) is 0 Å². The zero-order valence-electron chi connectivity index (χ0n) is 12.8. The maximum absolute atomic E-state index is 4.82. The smallest absolute Gasteiger partial charge is 0.0715 e. The number of aryl methyl sites for hydroxylation is 2. The summed E-state index contributed by atoms with van der Waals surface area (Å²) in [7, 11) is 0. The van der Waals surface area contributed by atoms with Crippen LogP contribution in [-0.4, -0.2) is 4.98 Å². The summed E-state index contributed by atoms with van der Waals surface area (Å²) in [6.07, 6.45) is 0. The van der Waals surface area contributed by atoms with E-state index in [4.69, 9.17) is 4.98 Å². The Morgan fingerprint density at radius 2 is 1.36 bits per heavy atom. The molecule has 0 spiro atoms. The molecule has 1 nitrogen and oxygen atoms in total. The van der Waals surface area contributed by atoms with Gasteiger partial charge in [-0.15, -0.1) is 0 Å². The van der Waals surface area contributed by atoms with Gasteiger partial charge in [-0.3, -0.25) is 0 Å². The number of rotatable bonds is 1. The third-order valence-electron chi connectivity index (χ3n) is 4.31. The van der Waals surface area contributed by atoms with Gasteiger partial charge in [0.05, 0.1) is 11.0 Å². The molecule has 0 saturated carbocycles. The summed E-state index contributed by atoms with van der Waals surface area (Å²) in [5.74, 6) is 0. The van der Waals surface area contributed by atoms with Crippen molar-refractivity contribution in [1.29, 1.82) is 0 Å². The van der Waals surface area contributed by atoms with Gasteiger partial charge in [-0.05, 0) is 54.3 Å². The average molecular weight is 283 g/mol. The number of hydrogen-bond acceptors (Lipinski definition) is 1. The number of nitrogens with zero attached hydrogens (tertiary/aromatic N) is 1. The van der Waals surface area contributed by atoms with E-state index in [2.05, 4.69) is 74.5 Å². The first-order valence-corrected chi connectivity index (χ1v) is 7.59. The maximum Gasteiger partial charge on any atom is 0.0715 e. The van der Waals surface area contributed by atoms with E-state index in [1.54, 1.807) is 0 Å². The topological polar surface area (TPSA) is 12.9 Å². The van der Waals surface area contributed by atoms with Crippen molar-refractivity contribution in [2.24, 2.45) is 0 Å². The van der Waals surface area contributed by atoms with Crippen LogP contribution in [0, 0.1) is 13.8 Å². The second-order valence-electron chi connectivity index (χ2n) is 5.82. The monoisotopic (exact) mass is 283 g/mol. The summed E-state index contributed by atoms with van der Waals surface area (Å²) in [6, 6.07) is 23.4. The lowest BCUT2D eigenvalue weighted by atomic mass is 9.92. The Morgan fingerprint density at radius 3 is 2.18 bits per heavy atom. The Morgan fingerprint density at radius 1 is 0.682 bits per heavy atom. The molecular formula is C21H17N. The fraction of sp³-hybridized carbons (Fsp3) is 0.0952. The SMILES string of the molecule is Cc1cccc(C)c1-c1cccc2nc3ccccc3cc12. The van der Waals surface area contributed by atoms with Crippen molar-refractivity contribution in [2.75, 3.05) is 0 Å². The number of hydrogen-bond donors (Lipinski definition) is 0. The van der Waals surface area contributed by atoms with Crippen molar-refractivity contribution in [3.8, 4) is 11.1 Å². The molecule has 0 radical (unpaired) electrons. The molecular weight excluding hydrogens is 266 g/mol. The number of benzene rings is 3. The second kappa shape index (κ2) is 4.96. The molecule has 4 aromatic rings. The highest BCUT2D eigenvalue weighted by Gasteiger charge is 2.10. The molecule has 0 amide bonds. The van der Waals surface area contributed by atoms with Crippen LogP contribution in [0.3, 0.4) is 0 Å². The first-order chi connectivity index (χ1) is 10.7. The largest absolute Gasteiger partial charge is 0.248 e. The Hall–Kier alpha value is -2.67. The predicted octanol–water partition coefficient (Wildman–Crippen LogP) is 5.67. The van der Waals surface area contributed by atoms with Gasteiger partial charge in [-0.25, -0.2) is 4.98 Å². The average Bonchev–Trinajstić information content (AvgIpc) is 2.53. The van der Waals surface area contributed by atoms with Crippen molar-refractivity contribution in [3.63, 3.8) is 0 Å². The Bertz CT molecular complexity index is 979. The lowest BCUT2D eigenvalue weighted by Crippen LogP contribution is -1.91. The van der Waals surface area contributed by atoms with Gasteiger partial charge in [-0.1, -0.05) is 48.5 Å². The third-order valence-corrected chi connectivity index (χ3v) is 4.31. The van der Waals surface area contributed by atoms with Crippen LogP contribution in [0.2, 0.25) is 0 Å². The number of aromatic nitrogens is 1. The van der Waals surface area contributed by atoms with E-state index in [-0.39, 0.29) is 0 Å². The molecule has 1 heterocycles. The molecule has 0 saturated heterocycles. The van der Waals surface area contributed by atoms with E-state index in [1.807, 2.05) is 6.07 Å². The summed E-state index contributed by atoms with van der Waals surface area (Å²) in [6.45, 7) is 4.35. The number of para-hydroxylation sites is 1. The summed E-state index contributed by atoms with van der Waals surface area (Å²) >= 11 is 0. The minimum Gasteiger partial charge on any atom is -0.248 e. The summed E-state index contributed by atoms with van der Waals surface area (Å²) < 4.78 is 0. The number of pyridine rings is 1. The molecule has 1 aromatic heterocycles. The van der Waals surface area contributed by atoms with Crippen molar-refractivity contribution < 1.29 is 0 Å². The van der Waals surface area contributed by atoms with Crippen molar-refractivity contribution in [3.05, 3.63) is 77.9 Å². The van der Waals surface area contributed by atoms with Gasteiger partial charge in [0.15, 0.2) is 0 Å². The fourth-order valence-electron chi connectivity index (χ4n) is 3.26. The van der Waals surface area contributed by atoms with Crippen molar-refractivity contribution >= 4 is 21.8 Å². The fourth-order valence-corrected chi connectivity index (χ4v) is 3.26. The summed E-state index contributed by atoms with van der Waals surface area (Å²) in [5, 5.41) is 2.41. The van der Waals surface area contributed by atoms with Crippen LogP contribution >= 0.6 is 0 Å². The first-order valence-electron chi connectivity index (χ1n) is 7.59. The van der Waals surface area contributed by atoms with Crippen LogP contribution in [0.25, 0.3) is 32.9 Å². The maximum atomic E-state index is 4.82. The van der Waals surface area contributed by atoms with E-state index in [0.717, 1.165) is 11.0 Å². The van der Waals surface area contributed by atoms with Gasteiger partial charge in [0.2, 0.25) is 0 Å². The molecule has 0 aliphatic carbocycles. The molecule has 0 N–H and O–H groups in total. The van der Waals surface area contributed by atoms with Gasteiger partial charge in [0.1, 0.15) is 0 Å². The molecule has 1 heteroatoms. The highest BCUT2D eigenvalue weighted by atomic mass is 14.7. The Labute approximate surface area is 130 Å². The standard InChI is InChI=1S/C21H17N/c1-14-7-5-8-15(2)21(14)17-10-6-12-20-18(17)13-16-9-3-4-11-19(16)22-20/h3-13H,1-2H3. The molecule has 3 aromatic carbocycles. The highest BCUT2D eigenvalue weighted by molar-refractivity contribution is 6.01. The normalized spacial score (nSPS) is 11.2. The van der Waals surface area contributed by atoms with Crippen LogP contribution in [0.1, 0.15) is 11.1 Å². The lowest BCUT2D eigenvalue weighted by molar-refractivity contribution is 1.38. The van der Waals surface area contributed by atoms with Crippen LogP contribution < -0.4 is 0 Å². The minimum absolute atomic E-state index is 1.05. The molecule has 0 unspecified atom stereocenters. The second-order valence-corrected chi connectivity index (χ2v) is 5.82. The molecule has 0 aliphatic heterocycles. The van der Waals surface area contributed by atoms with Gasteiger partial charge in [0, 0.05) is 10.8 Å². The molecule has 0 fully saturated rings. The van der Waals surface area contributed by atoms with Crippen LogP contribution in [0.5, 0.6) is 0 Å². The quantitative estimate of drug-likeness (QED) is 0.410. The van der Waals surface area contributed by atoms with Crippen molar-refractivity contribution in [2.45, 2.75) is 13.8 Å². The summed E-state index contributed by atoms with van der Waals surface area (Å²) in [4.78, 5) is 4.82. The van der Waals surface area contributed by atoms with Crippen LogP contribution in [0.15, 0.2) is 66.7 Å². The van der Waals surface area contributed by atoms with E-state index in [0.29, 0.717) is 0 Å².